The topological polar surface area (TPSA) is 50.4 Å². The summed E-state index contributed by atoms with van der Waals surface area (Å²) in [5.74, 6) is -0.0418. The van der Waals surface area contributed by atoms with Gasteiger partial charge in [-0.15, -0.1) is 0 Å². The summed E-state index contributed by atoms with van der Waals surface area (Å²) in [5.41, 5.74) is -0.453. The van der Waals surface area contributed by atoms with E-state index in [9.17, 15) is 18.0 Å². The molecule has 2 aromatic carbocycles. The van der Waals surface area contributed by atoms with E-state index in [1.54, 1.807) is 18.2 Å². The summed E-state index contributed by atoms with van der Waals surface area (Å²) in [5, 5.41) is 5.11. The Morgan fingerprint density at radius 3 is 2.36 bits per heavy atom. The van der Waals surface area contributed by atoms with Crippen LogP contribution >= 0.6 is 23.2 Å². The van der Waals surface area contributed by atoms with Gasteiger partial charge in [0, 0.05) is 11.4 Å². The molecule has 0 spiro atoms. The average Bonchev–Trinajstić information content (AvgIpc) is 2.54. The number of anilines is 2. The Balaban J connectivity index is 2.00. The molecule has 4 nitrogen and oxygen atoms in total. The second kappa shape index (κ2) is 7.84. The maximum Gasteiger partial charge on any atom is 0.417 e. The molecular weight excluding hydrogens is 380 g/mol. The third kappa shape index (κ3) is 5.17. The van der Waals surface area contributed by atoms with Gasteiger partial charge in [0.15, 0.2) is 0 Å². The molecule has 9 heteroatoms. The molecule has 0 aromatic heterocycles. The van der Waals surface area contributed by atoms with Crippen LogP contribution in [0.3, 0.4) is 0 Å². The number of halogens is 5. The van der Waals surface area contributed by atoms with Crippen LogP contribution in [0.5, 0.6) is 5.75 Å². The highest BCUT2D eigenvalue weighted by Gasteiger charge is 2.33. The van der Waals surface area contributed by atoms with Crippen molar-refractivity contribution in [3.05, 3.63) is 52.0 Å². The monoisotopic (exact) mass is 392 g/mol. The summed E-state index contributed by atoms with van der Waals surface area (Å²) in [7, 11) is 1.48. The zero-order chi connectivity index (χ0) is 18.6. The van der Waals surface area contributed by atoms with Crippen molar-refractivity contribution in [2.24, 2.45) is 0 Å². The largest absolute Gasteiger partial charge is 0.495 e. The highest BCUT2D eigenvalue weighted by molar-refractivity contribution is 6.32. The van der Waals surface area contributed by atoms with Crippen LogP contribution in [0.15, 0.2) is 36.4 Å². The van der Waals surface area contributed by atoms with Gasteiger partial charge in [0.05, 0.1) is 29.3 Å². The van der Waals surface area contributed by atoms with E-state index in [4.69, 9.17) is 27.9 Å². The molecule has 134 valence electrons. The van der Waals surface area contributed by atoms with Crippen molar-refractivity contribution in [1.82, 2.24) is 0 Å². The number of nitrogens with one attached hydrogen (secondary N) is 2. The minimum absolute atomic E-state index is 0.00344. The summed E-state index contributed by atoms with van der Waals surface area (Å²) < 4.78 is 43.4. The Kier molecular flexibility index (Phi) is 6.02. The molecule has 0 aliphatic carbocycles. The molecule has 0 aliphatic heterocycles. The van der Waals surface area contributed by atoms with Gasteiger partial charge in [0.25, 0.3) is 0 Å². The molecule has 25 heavy (non-hydrogen) atoms. The molecule has 0 unspecified atom stereocenters. The quantitative estimate of drug-likeness (QED) is 0.746. The Bertz CT molecular complexity index is 782. The van der Waals surface area contributed by atoms with Crippen molar-refractivity contribution in [1.29, 1.82) is 0 Å². The first-order valence-electron chi connectivity index (χ1n) is 6.94. The molecule has 0 saturated heterocycles. The second-order valence-corrected chi connectivity index (χ2v) is 5.76. The van der Waals surface area contributed by atoms with E-state index < -0.39 is 22.7 Å². The zero-order valence-corrected chi connectivity index (χ0v) is 14.4. The van der Waals surface area contributed by atoms with Crippen LogP contribution in [0.25, 0.3) is 0 Å². The van der Waals surface area contributed by atoms with Gasteiger partial charge in [0.2, 0.25) is 5.91 Å². The summed E-state index contributed by atoms with van der Waals surface area (Å²) >= 11 is 11.5. The standard InChI is InChI=1S/C16H13Cl2F3N2O2/c1-25-14-5-3-9(7-13(14)18)22-8-15(24)23-10-2-4-12(17)11(6-10)16(19,20)21/h2-7,22H,8H2,1H3,(H,23,24). The van der Waals surface area contributed by atoms with E-state index in [0.717, 1.165) is 12.1 Å². The van der Waals surface area contributed by atoms with Crippen molar-refractivity contribution >= 4 is 40.5 Å². The van der Waals surface area contributed by atoms with Crippen molar-refractivity contribution in [3.63, 3.8) is 0 Å². The highest BCUT2D eigenvalue weighted by atomic mass is 35.5. The van der Waals surface area contributed by atoms with E-state index in [2.05, 4.69) is 10.6 Å². The lowest BCUT2D eigenvalue weighted by Gasteiger charge is -2.12. The second-order valence-electron chi connectivity index (χ2n) is 4.94. The fraction of sp³-hybridized carbons (Fsp3) is 0.188. The van der Waals surface area contributed by atoms with Gasteiger partial charge in [-0.2, -0.15) is 13.2 Å². The van der Waals surface area contributed by atoms with Gasteiger partial charge in [-0.25, -0.2) is 0 Å². The number of ether oxygens (including phenoxy) is 1. The number of hydrogen-bond acceptors (Lipinski definition) is 3. The highest BCUT2D eigenvalue weighted by Crippen LogP contribution is 2.36. The molecule has 0 heterocycles. The third-order valence-corrected chi connectivity index (χ3v) is 3.79. The lowest BCUT2D eigenvalue weighted by atomic mass is 10.2. The summed E-state index contributed by atoms with van der Waals surface area (Å²) in [6.45, 7) is -0.160. The molecule has 0 bridgehead atoms. The molecule has 0 fully saturated rings. The fourth-order valence-electron chi connectivity index (χ4n) is 1.98. The van der Waals surface area contributed by atoms with Gasteiger partial charge in [-0.1, -0.05) is 23.2 Å². The van der Waals surface area contributed by atoms with Gasteiger partial charge in [-0.05, 0) is 36.4 Å². The number of amides is 1. The number of alkyl halides is 3. The minimum atomic E-state index is -4.60. The van der Waals surface area contributed by atoms with Crippen LogP contribution in [0.2, 0.25) is 10.0 Å². The van der Waals surface area contributed by atoms with Crippen LogP contribution in [-0.4, -0.2) is 19.6 Å². The predicted molar refractivity (Wildman–Crippen MR) is 91.6 cm³/mol. The normalized spacial score (nSPS) is 11.1. The maximum atomic E-state index is 12.8. The first-order valence-corrected chi connectivity index (χ1v) is 7.70. The van der Waals surface area contributed by atoms with Crippen LogP contribution in [-0.2, 0) is 11.0 Å². The van der Waals surface area contributed by atoms with E-state index in [1.165, 1.54) is 13.2 Å². The van der Waals surface area contributed by atoms with E-state index >= 15 is 0 Å². The molecule has 0 saturated carbocycles. The molecule has 0 radical (unpaired) electrons. The first kappa shape index (κ1) is 19.2. The van der Waals surface area contributed by atoms with Gasteiger partial charge in [-0.3, -0.25) is 4.79 Å². The Morgan fingerprint density at radius 1 is 1.08 bits per heavy atom. The molecule has 0 atom stereocenters. The summed E-state index contributed by atoms with van der Waals surface area (Å²) in [6.07, 6.45) is -4.60. The average molecular weight is 393 g/mol. The summed E-state index contributed by atoms with van der Waals surface area (Å²) in [6, 6.07) is 8.00. The predicted octanol–water partition coefficient (Wildman–Crippen LogP) is 5.07. The van der Waals surface area contributed by atoms with E-state index in [1.807, 2.05) is 0 Å². The molecular formula is C16H13Cl2F3N2O2. The van der Waals surface area contributed by atoms with E-state index in [-0.39, 0.29) is 12.2 Å². The molecule has 1 amide bonds. The van der Waals surface area contributed by atoms with Gasteiger partial charge >= 0.3 is 6.18 Å². The van der Waals surface area contributed by atoms with Crippen molar-refractivity contribution < 1.29 is 22.7 Å². The number of methoxy groups -OCH3 is 1. The number of rotatable bonds is 5. The SMILES string of the molecule is COc1ccc(NCC(=O)Nc2ccc(Cl)c(C(F)(F)F)c2)cc1Cl. The lowest BCUT2D eigenvalue weighted by molar-refractivity contribution is -0.137. The zero-order valence-electron chi connectivity index (χ0n) is 12.9. The Labute approximate surface area is 151 Å². The van der Waals surface area contributed by atoms with Crippen molar-refractivity contribution in [2.45, 2.75) is 6.18 Å². The Hall–Kier alpha value is -2.12. The molecule has 0 aliphatic rings. The first-order chi connectivity index (χ1) is 11.7. The van der Waals surface area contributed by atoms with Crippen LogP contribution in [0, 0.1) is 0 Å². The number of carbonyl (C=O) groups excluding carboxylic acids is 1. The van der Waals surface area contributed by atoms with Crippen LogP contribution in [0.1, 0.15) is 5.56 Å². The fourth-order valence-corrected chi connectivity index (χ4v) is 2.47. The smallest absolute Gasteiger partial charge is 0.417 e. The molecule has 2 N–H and O–H groups in total. The third-order valence-electron chi connectivity index (χ3n) is 3.16. The van der Waals surface area contributed by atoms with Crippen LogP contribution in [0.4, 0.5) is 24.5 Å². The van der Waals surface area contributed by atoms with E-state index in [0.29, 0.717) is 16.5 Å². The number of benzene rings is 2. The summed E-state index contributed by atoms with van der Waals surface area (Å²) in [4.78, 5) is 11.9. The minimum Gasteiger partial charge on any atom is -0.495 e. The van der Waals surface area contributed by atoms with Gasteiger partial charge < -0.3 is 15.4 Å². The number of carbonyl (C=O) groups is 1. The van der Waals surface area contributed by atoms with Gasteiger partial charge in [0.1, 0.15) is 5.75 Å². The lowest BCUT2D eigenvalue weighted by Crippen LogP contribution is -2.22. The Morgan fingerprint density at radius 2 is 1.76 bits per heavy atom. The number of hydrogen-bond donors (Lipinski definition) is 2. The molecule has 2 aromatic rings. The van der Waals surface area contributed by atoms with Crippen molar-refractivity contribution in [3.8, 4) is 5.75 Å². The van der Waals surface area contributed by atoms with Crippen LogP contribution < -0.4 is 15.4 Å². The maximum absolute atomic E-state index is 12.8. The molecule has 2 rings (SSSR count). The van der Waals surface area contributed by atoms with Crippen molar-refractivity contribution in [2.75, 3.05) is 24.3 Å².